The molecule has 5 N–H and O–H groups in total. The molecular weight excluding hydrogens is 326 g/mol. The van der Waals surface area contributed by atoms with Gasteiger partial charge < -0.3 is 21.5 Å². The van der Waals surface area contributed by atoms with Gasteiger partial charge in [-0.2, -0.15) is 0 Å². The van der Waals surface area contributed by atoms with Gasteiger partial charge in [0.25, 0.3) is 0 Å². The van der Waals surface area contributed by atoms with Gasteiger partial charge in [0.1, 0.15) is 0 Å². The molecule has 0 saturated carbocycles. The highest BCUT2D eigenvalue weighted by Crippen LogP contribution is 2.07. The summed E-state index contributed by atoms with van der Waals surface area (Å²) in [4.78, 5) is 12.4. The number of rotatable bonds is 13. The predicted molar refractivity (Wildman–Crippen MR) is 108 cm³/mol. The van der Waals surface area contributed by atoms with Crippen molar-refractivity contribution in [1.29, 1.82) is 0 Å². The van der Waals surface area contributed by atoms with Crippen LogP contribution in [0, 0.1) is 5.92 Å². The summed E-state index contributed by atoms with van der Waals surface area (Å²) in [5.41, 5.74) is 7.24. The Morgan fingerprint density at radius 3 is 2.50 bits per heavy atom. The fourth-order valence-electron chi connectivity index (χ4n) is 2.90. The second-order valence-electron chi connectivity index (χ2n) is 7.51. The van der Waals surface area contributed by atoms with E-state index in [-0.39, 0.29) is 18.0 Å². The van der Waals surface area contributed by atoms with Crippen LogP contribution in [0.4, 0.5) is 0 Å². The molecule has 0 saturated heterocycles. The zero-order valence-corrected chi connectivity index (χ0v) is 16.6. The van der Waals surface area contributed by atoms with Crippen LogP contribution in [0.1, 0.15) is 52.0 Å². The molecule has 0 aromatic heterocycles. The number of amides is 1. The molecule has 5 nitrogen and oxygen atoms in total. The van der Waals surface area contributed by atoms with Crippen molar-refractivity contribution >= 4 is 5.91 Å². The van der Waals surface area contributed by atoms with E-state index in [0.717, 1.165) is 31.2 Å². The van der Waals surface area contributed by atoms with Gasteiger partial charge in [0.2, 0.25) is 5.91 Å². The SMILES string of the molecule is CCCCCNC(=O)[C@@H](CC(C)C)NC[C@@H](O)[C@@H](N)Cc1ccccc1. The standard InChI is InChI=1S/C21H37N3O2/c1-4-5-9-12-23-21(26)19(13-16(2)3)24-15-20(25)18(22)14-17-10-7-6-8-11-17/h6-8,10-11,16,18-20,24-25H,4-5,9,12-15,22H2,1-3H3,(H,23,26)/t18-,19+,20+/m0/s1. The van der Waals surface area contributed by atoms with Crippen molar-refractivity contribution in [2.75, 3.05) is 13.1 Å². The molecule has 1 rings (SSSR count). The Kier molecular flexibility index (Phi) is 11.2. The number of unbranched alkanes of at least 4 members (excludes halogenated alkanes) is 2. The molecule has 0 aliphatic heterocycles. The second kappa shape index (κ2) is 12.8. The molecule has 26 heavy (non-hydrogen) atoms. The van der Waals surface area contributed by atoms with E-state index in [1.807, 2.05) is 30.3 Å². The highest BCUT2D eigenvalue weighted by molar-refractivity contribution is 5.81. The molecule has 0 aliphatic rings. The molecule has 0 aliphatic carbocycles. The Morgan fingerprint density at radius 1 is 1.19 bits per heavy atom. The van der Waals surface area contributed by atoms with Gasteiger partial charge in [0.05, 0.1) is 12.1 Å². The average Bonchev–Trinajstić information content (AvgIpc) is 2.62. The lowest BCUT2D eigenvalue weighted by Gasteiger charge is -2.24. The molecule has 5 heteroatoms. The van der Waals surface area contributed by atoms with Crippen LogP contribution in [0.2, 0.25) is 0 Å². The first kappa shape index (κ1) is 22.6. The van der Waals surface area contributed by atoms with Gasteiger partial charge in [-0.25, -0.2) is 0 Å². The Hall–Kier alpha value is -1.43. The molecule has 0 radical (unpaired) electrons. The van der Waals surface area contributed by atoms with Crippen molar-refractivity contribution in [3.63, 3.8) is 0 Å². The first-order valence-corrected chi connectivity index (χ1v) is 9.92. The third-order valence-electron chi connectivity index (χ3n) is 4.49. The molecule has 1 aromatic rings. The number of carbonyl (C=O) groups excluding carboxylic acids is 1. The Morgan fingerprint density at radius 2 is 1.88 bits per heavy atom. The number of hydrogen-bond donors (Lipinski definition) is 4. The summed E-state index contributed by atoms with van der Waals surface area (Å²) in [7, 11) is 0. The first-order chi connectivity index (χ1) is 12.4. The van der Waals surface area contributed by atoms with E-state index in [9.17, 15) is 9.90 Å². The number of benzene rings is 1. The second-order valence-corrected chi connectivity index (χ2v) is 7.51. The molecule has 0 bridgehead atoms. The van der Waals surface area contributed by atoms with Gasteiger partial charge >= 0.3 is 0 Å². The van der Waals surface area contributed by atoms with Crippen molar-refractivity contribution in [3.8, 4) is 0 Å². The number of aliphatic hydroxyl groups is 1. The molecule has 3 atom stereocenters. The maximum atomic E-state index is 12.4. The quantitative estimate of drug-likeness (QED) is 0.405. The molecule has 148 valence electrons. The minimum atomic E-state index is -0.697. The van der Waals surface area contributed by atoms with Gasteiger partial charge in [0, 0.05) is 19.1 Å². The lowest BCUT2D eigenvalue weighted by molar-refractivity contribution is -0.123. The Labute approximate surface area is 158 Å². The van der Waals surface area contributed by atoms with E-state index in [2.05, 4.69) is 31.4 Å². The van der Waals surface area contributed by atoms with E-state index in [1.165, 1.54) is 0 Å². The highest BCUT2D eigenvalue weighted by Gasteiger charge is 2.22. The first-order valence-electron chi connectivity index (χ1n) is 9.92. The van der Waals surface area contributed by atoms with Crippen molar-refractivity contribution in [3.05, 3.63) is 35.9 Å². The van der Waals surface area contributed by atoms with Gasteiger partial charge in [-0.15, -0.1) is 0 Å². The number of nitrogens with one attached hydrogen (secondary N) is 2. The van der Waals surface area contributed by atoms with Gasteiger partial charge in [-0.05, 0) is 30.7 Å². The predicted octanol–water partition coefficient (Wildman–Crippen LogP) is 2.23. The van der Waals surface area contributed by atoms with E-state index in [1.54, 1.807) is 0 Å². The van der Waals surface area contributed by atoms with Crippen LogP contribution in [0.5, 0.6) is 0 Å². The van der Waals surface area contributed by atoms with Gasteiger partial charge in [-0.3, -0.25) is 4.79 Å². The Balaban J connectivity index is 2.46. The Bertz CT molecular complexity index is 493. The molecule has 0 heterocycles. The summed E-state index contributed by atoms with van der Waals surface area (Å²) in [6, 6.07) is 9.24. The third kappa shape index (κ3) is 9.32. The zero-order chi connectivity index (χ0) is 19.4. The van der Waals surface area contributed by atoms with Crippen molar-refractivity contribution in [2.45, 2.75) is 71.1 Å². The summed E-state index contributed by atoms with van der Waals surface area (Å²) < 4.78 is 0. The molecule has 1 aromatic carbocycles. The van der Waals surface area contributed by atoms with Crippen LogP contribution in [-0.4, -0.2) is 42.3 Å². The molecule has 0 fully saturated rings. The van der Waals surface area contributed by atoms with Crippen molar-refractivity contribution in [1.82, 2.24) is 10.6 Å². The number of carbonyl (C=O) groups is 1. The number of aliphatic hydroxyl groups excluding tert-OH is 1. The van der Waals surface area contributed by atoms with Gasteiger partial charge in [0.15, 0.2) is 0 Å². The van der Waals surface area contributed by atoms with Crippen LogP contribution in [-0.2, 0) is 11.2 Å². The zero-order valence-electron chi connectivity index (χ0n) is 16.6. The van der Waals surface area contributed by atoms with Gasteiger partial charge in [-0.1, -0.05) is 63.9 Å². The minimum absolute atomic E-state index is 0.0126. The average molecular weight is 364 g/mol. The molecule has 0 spiro atoms. The fourth-order valence-corrected chi connectivity index (χ4v) is 2.90. The third-order valence-corrected chi connectivity index (χ3v) is 4.49. The fraction of sp³-hybridized carbons (Fsp3) is 0.667. The van der Waals surface area contributed by atoms with Crippen molar-refractivity contribution < 1.29 is 9.90 Å². The lowest BCUT2D eigenvalue weighted by Crippen LogP contribution is -2.50. The summed E-state index contributed by atoms with van der Waals surface area (Å²) >= 11 is 0. The topological polar surface area (TPSA) is 87.4 Å². The van der Waals surface area contributed by atoms with Crippen LogP contribution in [0.25, 0.3) is 0 Å². The highest BCUT2D eigenvalue weighted by atomic mass is 16.3. The van der Waals surface area contributed by atoms with Crippen LogP contribution in [0.3, 0.4) is 0 Å². The minimum Gasteiger partial charge on any atom is -0.390 e. The molecule has 0 unspecified atom stereocenters. The number of nitrogens with two attached hydrogens (primary N) is 1. The maximum absolute atomic E-state index is 12.4. The van der Waals surface area contributed by atoms with E-state index >= 15 is 0 Å². The smallest absolute Gasteiger partial charge is 0.237 e. The summed E-state index contributed by atoms with van der Waals surface area (Å²) in [5, 5.41) is 16.6. The summed E-state index contributed by atoms with van der Waals surface area (Å²) in [5.74, 6) is 0.405. The largest absolute Gasteiger partial charge is 0.390 e. The molecule has 1 amide bonds. The lowest BCUT2D eigenvalue weighted by atomic mass is 10.00. The summed E-state index contributed by atoms with van der Waals surface area (Å²) in [6.07, 6.45) is 3.91. The summed E-state index contributed by atoms with van der Waals surface area (Å²) in [6.45, 7) is 7.35. The van der Waals surface area contributed by atoms with E-state index < -0.39 is 6.10 Å². The normalized spacial score (nSPS) is 14.8. The molecular formula is C21H37N3O2. The van der Waals surface area contributed by atoms with Crippen molar-refractivity contribution in [2.24, 2.45) is 11.7 Å². The van der Waals surface area contributed by atoms with Crippen LogP contribution in [0.15, 0.2) is 30.3 Å². The number of hydrogen-bond acceptors (Lipinski definition) is 4. The van der Waals surface area contributed by atoms with Crippen LogP contribution >= 0.6 is 0 Å². The van der Waals surface area contributed by atoms with Crippen LogP contribution < -0.4 is 16.4 Å². The monoisotopic (exact) mass is 363 g/mol. The van der Waals surface area contributed by atoms with E-state index in [0.29, 0.717) is 25.4 Å². The maximum Gasteiger partial charge on any atom is 0.237 e. The van der Waals surface area contributed by atoms with E-state index in [4.69, 9.17) is 5.73 Å².